The second kappa shape index (κ2) is 6.51. The molecule has 0 amide bonds. The van der Waals surface area contributed by atoms with E-state index in [2.05, 4.69) is 10.3 Å². The van der Waals surface area contributed by atoms with E-state index in [0.29, 0.717) is 40.8 Å². The monoisotopic (exact) mass is 394 g/mol. The minimum Gasteiger partial charge on any atom is -0.497 e. The molecule has 8 heteroatoms. The Morgan fingerprint density at radius 2 is 1.66 bits per heavy atom. The molecule has 2 heterocycles. The number of fused-ring (bicyclic) bond motifs is 2. The SMILES string of the molecule is COc1ccc(-n2nnc3cc(F)c(-n4c(O)c5c(c4O)CCCC5)cc32)cc1. The van der Waals surface area contributed by atoms with Crippen LogP contribution >= 0.6 is 0 Å². The summed E-state index contributed by atoms with van der Waals surface area (Å²) in [5.41, 5.74) is 3.09. The van der Waals surface area contributed by atoms with Gasteiger partial charge in [-0.1, -0.05) is 5.21 Å². The molecular weight excluding hydrogens is 375 g/mol. The van der Waals surface area contributed by atoms with Gasteiger partial charge in [-0.15, -0.1) is 5.10 Å². The molecule has 0 atom stereocenters. The highest BCUT2D eigenvalue weighted by Gasteiger charge is 2.27. The van der Waals surface area contributed by atoms with E-state index >= 15 is 0 Å². The molecule has 1 aliphatic carbocycles. The second-order valence-corrected chi connectivity index (χ2v) is 7.14. The van der Waals surface area contributed by atoms with Gasteiger partial charge in [0.15, 0.2) is 0 Å². The molecular formula is C21H19FN4O3. The molecule has 148 valence electrons. The van der Waals surface area contributed by atoms with Crippen molar-refractivity contribution in [2.75, 3.05) is 7.11 Å². The second-order valence-electron chi connectivity index (χ2n) is 7.14. The van der Waals surface area contributed by atoms with E-state index in [1.54, 1.807) is 30.0 Å². The van der Waals surface area contributed by atoms with Crippen LogP contribution in [0.15, 0.2) is 36.4 Å². The van der Waals surface area contributed by atoms with Gasteiger partial charge < -0.3 is 14.9 Å². The van der Waals surface area contributed by atoms with Crippen LogP contribution < -0.4 is 4.74 Å². The number of aromatic hydroxyl groups is 2. The minimum absolute atomic E-state index is 0.0546. The van der Waals surface area contributed by atoms with Gasteiger partial charge in [0.2, 0.25) is 11.8 Å². The Hall–Kier alpha value is -3.55. The standard InChI is InChI=1S/C21H19FN4O3/c1-29-13-8-6-12(7-9-13)26-19-11-18(16(22)10-17(19)23-24-26)25-20(27)14-4-2-3-5-15(14)21(25)28/h6-11,27-28H,2-5H2,1H3. The van der Waals surface area contributed by atoms with Gasteiger partial charge in [0.1, 0.15) is 17.1 Å². The lowest BCUT2D eigenvalue weighted by molar-refractivity contribution is 0.396. The van der Waals surface area contributed by atoms with E-state index in [9.17, 15) is 14.6 Å². The molecule has 0 radical (unpaired) electrons. The largest absolute Gasteiger partial charge is 0.497 e. The Labute approximate surface area is 165 Å². The molecule has 2 aromatic carbocycles. The smallest absolute Gasteiger partial charge is 0.202 e. The first-order valence-electron chi connectivity index (χ1n) is 9.42. The number of methoxy groups -OCH3 is 1. The van der Waals surface area contributed by atoms with Crippen LogP contribution in [0.2, 0.25) is 0 Å². The molecule has 4 aromatic rings. The van der Waals surface area contributed by atoms with Gasteiger partial charge in [0, 0.05) is 17.2 Å². The summed E-state index contributed by atoms with van der Waals surface area (Å²) in [6.45, 7) is 0. The third-order valence-electron chi connectivity index (χ3n) is 5.50. The number of benzene rings is 2. The number of hydrogen-bond donors (Lipinski definition) is 2. The summed E-state index contributed by atoms with van der Waals surface area (Å²) in [5, 5.41) is 29.6. The third-order valence-corrected chi connectivity index (χ3v) is 5.50. The summed E-state index contributed by atoms with van der Waals surface area (Å²) >= 11 is 0. The Bertz CT molecular complexity index is 1200. The first kappa shape index (κ1) is 17.5. The van der Waals surface area contributed by atoms with E-state index in [4.69, 9.17) is 4.74 Å². The number of nitrogens with zero attached hydrogens (tertiary/aromatic N) is 4. The average molecular weight is 394 g/mol. The van der Waals surface area contributed by atoms with Gasteiger partial charge in [-0.05, 0) is 56.0 Å². The van der Waals surface area contributed by atoms with Crippen molar-refractivity contribution < 1.29 is 19.3 Å². The molecule has 0 spiro atoms. The summed E-state index contributed by atoms with van der Waals surface area (Å²) in [7, 11) is 1.59. The molecule has 2 N–H and O–H groups in total. The molecule has 0 fully saturated rings. The molecule has 5 rings (SSSR count). The normalized spacial score (nSPS) is 13.6. The number of hydrogen-bond acceptors (Lipinski definition) is 5. The van der Waals surface area contributed by atoms with Gasteiger partial charge in [-0.2, -0.15) is 0 Å². The fourth-order valence-corrected chi connectivity index (χ4v) is 4.01. The Kier molecular flexibility index (Phi) is 3.94. The highest BCUT2D eigenvalue weighted by molar-refractivity contribution is 5.79. The van der Waals surface area contributed by atoms with Crippen molar-refractivity contribution in [1.29, 1.82) is 0 Å². The van der Waals surface area contributed by atoms with Gasteiger partial charge in [-0.25, -0.2) is 13.6 Å². The first-order valence-corrected chi connectivity index (χ1v) is 9.42. The predicted molar refractivity (Wildman–Crippen MR) is 105 cm³/mol. The van der Waals surface area contributed by atoms with Crippen LogP contribution in [0.4, 0.5) is 4.39 Å². The Morgan fingerprint density at radius 1 is 1.00 bits per heavy atom. The van der Waals surface area contributed by atoms with Crippen LogP contribution in [0.5, 0.6) is 17.5 Å². The molecule has 0 unspecified atom stereocenters. The van der Waals surface area contributed by atoms with Crippen molar-refractivity contribution in [2.45, 2.75) is 25.7 Å². The van der Waals surface area contributed by atoms with Gasteiger partial charge in [0.25, 0.3) is 0 Å². The highest BCUT2D eigenvalue weighted by Crippen LogP contribution is 2.41. The van der Waals surface area contributed by atoms with Crippen molar-refractivity contribution in [1.82, 2.24) is 19.6 Å². The molecule has 0 bridgehead atoms. The van der Waals surface area contributed by atoms with Crippen LogP contribution in [0.1, 0.15) is 24.0 Å². The topological polar surface area (TPSA) is 85.3 Å². The van der Waals surface area contributed by atoms with Crippen molar-refractivity contribution in [3.05, 3.63) is 53.3 Å². The van der Waals surface area contributed by atoms with Crippen molar-refractivity contribution in [3.63, 3.8) is 0 Å². The maximum Gasteiger partial charge on any atom is 0.202 e. The van der Waals surface area contributed by atoms with Crippen LogP contribution in [0, 0.1) is 5.82 Å². The fourth-order valence-electron chi connectivity index (χ4n) is 4.01. The Morgan fingerprint density at radius 3 is 2.28 bits per heavy atom. The highest BCUT2D eigenvalue weighted by atomic mass is 19.1. The molecule has 2 aromatic heterocycles. The van der Waals surface area contributed by atoms with E-state index < -0.39 is 5.82 Å². The van der Waals surface area contributed by atoms with Crippen LogP contribution in [0.3, 0.4) is 0 Å². The quantitative estimate of drug-likeness (QED) is 0.554. The fraction of sp³-hybridized carbons (Fsp3) is 0.238. The number of aromatic nitrogens is 4. The van der Waals surface area contributed by atoms with E-state index in [-0.39, 0.29) is 17.4 Å². The van der Waals surface area contributed by atoms with Crippen LogP contribution in [0.25, 0.3) is 22.4 Å². The average Bonchev–Trinajstić information content (AvgIpc) is 3.26. The lowest BCUT2D eigenvalue weighted by atomic mass is 9.95. The van der Waals surface area contributed by atoms with Crippen molar-refractivity contribution in [2.24, 2.45) is 0 Å². The zero-order valence-corrected chi connectivity index (χ0v) is 15.8. The molecule has 7 nitrogen and oxygen atoms in total. The molecule has 0 saturated carbocycles. The van der Waals surface area contributed by atoms with Crippen molar-refractivity contribution in [3.8, 4) is 28.9 Å². The molecule has 0 saturated heterocycles. The van der Waals surface area contributed by atoms with Gasteiger partial charge >= 0.3 is 0 Å². The number of rotatable bonds is 3. The van der Waals surface area contributed by atoms with Gasteiger partial charge in [-0.3, -0.25) is 0 Å². The van der Waals surface area contributed by atoms with E-state index in [0.717, 1.165) is 18.5 Å². The Balaban J connectivity index is 1.70. The zero-order valence-electron chi connectivity index (χ0n) is 15.8. The summed E-state index contributed by atoms with van der Waals surface area (Å²) in [4.78, 5) is 0. The van der Waals surface area contributed by atoms with E-state index in [1.807, 2.05) is 12.1 Å². The molecule has 1 aliphatic rings. The van der Waals surface area contributed by atoms with E-state index in [1.165, 1.54) is 10.6 Å². The maximum atomic E-state index is 14.9. The van der Waals surface area contributed by atoms with Crippen molar-refractivity contribution >= 4 is 11.0 Å². The summed E-state index contributed by atoms with van der Waals surface area (Å²) in [6.07, 6.45) is 3.19. The zero-order chi connectivity index (χ0) is 20.1. The molecule has 0 aliphatic heterocycles. The van der Waals surface area contributed by atoms with Gasteiger partial charge in [0.05, 0.1) is 24.0 Å². The third kappa shape index (κ3) is 2.63. The molecule has 29 heavy (non-hydrogen) atoms. The predicted octanol–water partition coefficient (Wildman–Crippen LogP) is 3.65. The summed E-state index contributed by atoms with van der Waals surface area (Å²) < 4.78 is 22.8. The number of ether oxygens (including phenoxy) is 1. The summed E-state index contributed by atoms with van der Waals surface area (Å²) in [6, 6.07) is 10.0. The first-order chi connectivity index (χ1) is 14.1. The summed E-state index contributed by atoms with van der Waals surface area (Å²) in [5.74, 6) is -0.118. The lowest BCUT2D eigenvalue weighted by Gasteiger charge is -2.10. The lowest BCUT2D eigenvalue weighted by Crippen LogP contribution is -2.00. The maximum absolute atomic E-state index is 14.9. The van der Waals surface area contributed by atoms with Crippen LogP contribution in [-0.2, 0) is 12.8 Å². The minimum atomic E-state index is -0.600. The number of halogens is 1. The van der Waals surface area contributed by atoms with Crippen LogP contribution in [-0.4, -0.2) is 36.9 Å².